The van der Waals surface area contributed by atoms with Crippen LogP contribution in [0.4, 0.5) is 0 Å². The van der Waals surface area contributed by atoms with Gasteiger partial charge in [0, 0.05) is 11.5 Å². The highest BCUT2D eigenvalue weighted by atomic mass is 16.2. The lowest BCUT2D eigenvalue weighted by atomic mass is 9.94. The van der Waals surface area contributed by atoms with Crippen molar-refractivity contribution in [1.29, 1.82) is 0 Å². The topological polar surface area (TPSA) is 77.8 Å². The molecule has 0 bridgehead atoms. The van der Waals surface area contributed by atoms with Gasteiger partial charge in [-0.15, -0.1) is 0 Å². The number of aromatic amines is 2. The van der Waals surface area contributed by atoms with Gasteiger partial charge in [-0.2, -0.15) is 0 Å². The zero-order valence-electron chi connectivity index (χ0n) is 15.0. The van der Waals surface area contributed by atoms with Crippen molar-refractivity contribution < 1.29 is 4.79 Å². The van der Waals surface area contributed by atoms with E-state index in [1.54, 1.807) is 0 Å². The molecule has 1 atom stereocenters. The Labute approximate surface area is 151 Å². The van der Waals surface area contributed by atoms with Crippen molar-refractivity contribution >= 4 is 16.9 Å². The molecule has 1 amide bonds. The molecule has 2 aromatic carbocycles. The summed E-state index contributed by atoms with van der Waals surface area (Å²) in [5, 5.41) is 3.19. The summed E-state index contributed by atoms with van der Waals surface area (Å²) in [4.78, 5) is 29.9. The minimum absolute atomic E-state index is 0.0813. The number of amides is 1. The van der Waals surface area contributed by atoms with E-state index in [9.17, 15) is 9.59 Å². The number of carbonyl (C=O) groups excluding carboxylic acids is 1. The van der Waals surface area contributed by atoms with E-state index in [1.807, 2.05) is 18.2 Å². The molecule has 1 aliphatic rings. The molecule has 0 aliphatic heterocycles. The Bertz CT molecular complexity index is 994. The minimum atomic E-state index is -0.292. The molecule has 1 heterocycles. The number of imidazole rings is 1. The second-order valence-electron chi connectivity index (χ2n) is 7.39. The molecule has 0 saturated heterocycles. The zero-order valence-corrected chi connectivity index (χ0v) is 15.0. The van der Waals surface area contributed by atoms with Gasteiger partial charge in [0.05, 0.1) is 17.1 Å². The van der Waals surface area contributed by atoms with Crippen LogP contribution < -0.4 is 11.0 Å². The molecule has 1 aromatic heterocycles. The highest BCUT2D eigenvalue weighted by Crippen LogP contribution is 2.33. The first-order chi connectivity index (χ1) is 12.5. The summed E-state index contributed by atoms with van der Waals surface area (Å²) in [5.74, 6) is 0.655. The zero-order chi connectivity index (χ0) is 18.3. The van der Waals surface area contributed by atoms with Crippen LogP contribution in [0.3, 0.4) is 0 Å². The second kappa shape index (κ2) is 6.48. The molecule has 1 aliphatic carbocycles. The van der Waals surface area contributed by atoms with Crippen molar-refractivity contribution in [2.45, 2.75) is 38.6 Å². The molecule has 0 radical (unpaired) electrons. The molecular formula is C21H23N3O2. The van der Waals surface area contributed by atoms with Crippen molar-refractivity contribution in [2.24, 2.45) is 5.92 Å². The standard InChI is InChI=1S/C21H23N3O2/c1-12(2)13-6-8-14(9-7-13)18(23-20(25)15-10-11-15)16-4-3-5-17-19(16)24-21(26)22-17/h3-9,12,15,18H,10-11H2,1-2H3,(H,23,25)(H2,22,24,26)/t18-/m1/s1. The molecule has 26 heavy (non-hydrogen) atoms. The van der Waals surface area contributed by atoms with Gasteiger partial charge < -0.3 is 15.3 Å². The van der Waals surface area contributed by atoms with Crippen LogP contribution in [0.2, 0.25) is 0 Å². The maximum atomic E-state index is 12.5. The highest BCUT2D eigenvalue weighted by molar-refractivity contribution is 5.84. The summed E-state index contributed by atoms with van der Waals surface area (Å²) in [6.45, 7) is 4.32. The number of rotatable bonds is 5. The number of aromatic nitrogens is 2. The number of benzene rings is 2. The third-order valence-electron chi connectivity index (χ3n) is 5.07. The first kappa shape index (κ1) is 16.6. The van der Waals surface area contributed by atoms with Gasteiger partial charge in [-0.1, -0.05) is 50.2 Å². The summed E-state index contributed by atoms with van der Waals surface area (Å²) in [7, 11) is 0. The first-order valence-corrected chi connectivity index (χ1v) is 9.14. The Morgan fingerprint density at radius 1 is 1.04 bits per heavy atom. The smallest absolute Gasteiger partial charge is 0.323 e. The van der Waals surface area contributed by atoms with Gasteiger partial charge in [0.25, 0.3) is 0 Å². The fourth-order valence-corrected chi connectivity index (χ4v) is 3.34. The van der Waals surface area contributed by atoms with E-state index >= 15 is 0 Å². The van der Waals surface area contributed by atoms with E-state index in [1.165, 1.54) is 5.56 Å². The van der Waals surface area contributed by atoms with Gasteiger partial charge in [-0.25, -0.2) is 4.79 Å². The summed E-state index contributed by atoms with van der Waals surface area (Å²) in [6.07, 6.45) is 1.91. The largest absolute Gasteiger partial charge is 0.345 e. The van der Waals surface area contributed by atoms with Crippen molar-refractivity contribution in [3.63, 3.8) is 0 Å². The van der Waals surface area contributed by atoms with Gasteiger partial charge in [0.15, 0.2) is 0 Å². The summed E-state index contributed by atoms with van der Waals surface area (Å²) in [5.41, 5.74) is 4.41. The van der Waals surface area contributed by atoms with E-state index in [0.717, 1.165) is 35.0 Å². The number of hydrogen-bond acceptors (Lipinski definition) is 2. The van der Waals surface area contributed by atoms with E-state index in [4.69, 9.17) is 0 Å². The lowest BCUT2D eigenvalue weighted by Crippen LogP contribution is -2.30. The number of H-pyrrole nitrogens is 2. The van der Waals surface area contributed by atoms with Gasteiger partial charge in [-0.3, -0.25) is 4.79 Å². The van der Waals surface area contributed by atoms with Crippen LogP contribution in [0, 0.1) is 5.92 Å². The summed E-state index contributed by atoms with van der Waals surface area (Å²) < 4.78 is 0. The molecular weight excluding hydrogens is 326 g/mol. The molecule has 1 saturated carbocycles. The van der Waals surface area contributed by atoms with Crippen LogP contribution in [0.15, 0.2) is 47.3 Å². The van der Waals surface area contributed by atoms with Gasteiger partial charge in [0.1, 0.15) is 0 Å². The normalized spacial score (nSPS) is 15.3. The van der Waals surface area contributed by atoms with Gasteiger partial charge in [-0.05, 0) is 36.0 Å². The lowest BCUT2D eigenvalue weighted by molar-refractivity contribution is -0.122. The maximum absolute atomic E-state index is 12.5. The fraction of sp³-hybridized carbons (Fsp3) is 0.333. The van der Waals surface area contributed by atoms with Crippen LogP contribution in [0.1, 0.15) is 55.3 Å². The third-order valence-corrected chi connectivity index (χ3v) is 5.07. The van der Waals surface area contributed by atoms with Crippen molar-refractivity contribution in [3.8, 4) is 0 Å². The van der Waals surface area contributed by atoms with Crippen molar-refractivity contribution in [2.75, 3.05) is 0 Å². The van der Waals surface area contributed by atoms with Crippen LogP contribution in [0.5, 0.6) is 0 Å². The second-order valence-corrected chi connectivity index (χ2v) is 7.39. The predicted octanol–water partition coefficient (Wildman–Crippen LogP) is 3.60. The Morgan fingerprint density at radius 3 is 2.38 bits per heavy atom. The average molecular weight is 349 g/mol. The number of nitrogens with one attached hydrogen (secondary N) is 3. The third kappa shape index (κ3) is 3.17. The van der Waals surface area contributed by atoms with Crippen LogP contribution in [0.25, 0.3) is 11.0 Å². The summed E-state index contributed by atoms with van der Waals surface area (Å²) in [6, 6.07) is 13.8. The Balaban J connectivity index is 1.79. The first-order valence-electron chi connectivity index (χ1n) is 9.14. The lowest BCUT2D eigenvalue weighted by Gasteiger charge is -2.21. The van der Waals surface area contributed by atoms with Crippen LogP contribution in [-0.2, 0) is 4.79 Å². The predicted molar refractivity (Wildman–Crippen MR) is 102 cm³/mol. The molecule has 3 aromatic rings. The number of para-hydroxylation sites is 1. The molecule has 1 fully saturated rings. The number of fused-ring (bicyclic) bond motifs is 1. The Morgan fingerprint density at radius 2 is 1.73 bits per heavy atom. The molecule has 5 nitrogen and oxygen atoms in total. The average Bonchev–Trinajstić information content (AvgIpc) is 3.40. The van der Waals surface area contributed by atoms with E-state index in [0.29, 0.717) is 5.92 Å². The van der Waals surface area contributed by atoms with Crippen LogP contribution in [-0.4, -0.2) is 15.9 Å². The van der Waals surface area contributed by atoms with Gasteiger partial charge >= 0.3 is 5.69 Å². The van der Waals surface area contributed by atoms with E-state index in [2.05, 4.69) is 53.4 Å². The van der Waals surface area contributed by atoms with E-state index in [-0.39, 0.29) is 23.6 Å². The molecule has 0 spiro atoms. The van der Waals surface area contributed by atoms with Crippen molar-refractivity contribution in [1.82, 2.24) is 15.3 Å². The monoisotopic (exact) mass is 349 g/mol. The number of carbonyl (C=O) groups is 1. The highest BCUT2D eigenvalue weighted by Gasteiger charge is 2.32. The van der Waals surface area contributed by atoms with Gasteiger partial charge in [0.2, 0.25) is 5.91 Å². The molecule has 5 heteroatoms. The Hall–Kier alpha value is -2.82. The quantitative estimate of drug-likeness (QED) is 0.658. The molecule has 4 rings (SSSR count). The van der Waals surface area contributed by atoms with E-state index < -0.39 is 0 Å². The van der Waals surface area contributed by atoms with Crippen LogP contribution >= 0.6 is 0 Å². The molecule has 134 valence electrons. The SMILES string of the molecule is CC(C)c1ccc([C@@H](NC(=O)C2CC2)c2cccc3[nH]c(=O)[nH]c23)cc1. The maximum Gasteiger partial charge on any atom is 0.323 e. The number of hydrogen-bond donors (Lipinski definition) is 3. The molecule has 0 unspecified atom stereocenters. The molecule has 3 N–H and O–H groups in total. The Kier molecular flexibility index (Phi) is 4.15. The van der Waals surface area contributed by atoms with Crippen molar-refractivity contribution in [3.05, 3.63) is 69.6 Å². The summed E-state index contributed by atoms with van der Waals surface area (Å²) >= 11 is 0. The minimum Gasteiger partial charge on any atom is -0.345 e. The fourth-order valence-electron chi connectivity index (χ4n) is 3.34.